The fourth-order valence-electron chi connectivity index (χ4n) is 2.20. The Morgan fingerprint density at radius 1 is 1.18 bits per heavy atom. The first-order valence-corrected chi connectivity index (χ1v) is 8.14. The minimum absolute atomic E-state index is 0.0965. The number of H-pyrrole nitrogens is 1. The van der Waals surface area contributed by atoms with E-state index >= 15 is 0 Å². The van der Waals surface area contributed by atoms with E-state index in [-0.39, 0.29) is 16.8 Å². The van der Waals surface area contributed by atoms with Crippen LogP contribution in [0.25, 0.3) is 22.2 Å². The van der Waals surface area contributed by atoms with Crippen LogP contribution in [-0.2, 0) is 10.0 Å². The van der Waals surface area contributed by atoms with Crippen molar-refractivity contribution in [1.29, 1.82) is 0 Å². The van der Waals surface area contributed by atoms with E-state index in [9.17, 15) is 17.2 Å². The van der Waals surface area contributed by atoms with Gasteiger partial charge in [0.1, 0.15) is 11.5 Å². The van der Waals surface area contributed by atoms with Gasteiger partial charge in [-0.25, -0.2) is 17.2 Å². The maximum atomic E-state index is 14.6. The monoisotopic (exact) mass is 323 g/mol. The summed E-state index contributed by atoms with van der Waals surface area (Å²) in [5.41, 5.74) is 0.802. The Balaban J connectivity index is 2.23. The van der Waals surface area contributed by atoms with E-state index in [0.29, 0.717) is 11.1 Å². The molecule has 0 saturated carbocycles. The molecule has 0 unspecified atom stereocenters. The molecule has 0 amide bonds. The molecule has 0 aliphatic rings. The van der Waals surface area contributed by atoms with Gasteiger partial charge in [0, 0.05) is 5.56 Å². The molecule has 0 atom stereocenters. The molecular weight excluding hydrogens is 312 g/mol. The maximum Gasteiger partial charge on any atom is 0.229 e. The van der Waals surface area contributed by atoms with Crippen molar-refractivity contribution < 1.29 is 17.2 Å². The zero-order chi connectivity index (χ0) is 15.9. The van der Waals surface area contributed by atoms with Gasteiger partial charge in [0.25, 0.3) is 0 Å². The van der Waals surface area contributed by atoms with Gasteiger partial charge in [0.2, 0.25) is 10.0 Å². The lowest BCUT2D eigenvalue weighted by molar-refractivity contribution is 0.604. The Labute approximate surface area is 125 Å². The minimum atomic E-state index is -3.62. The molecule has 2 aromatic carbocycles. The lowest BCUT2D eigenvalue weighted by Gasteiger charge is -2.06. The normalized spacial score (nSPS) is 11.8. The van der Waals surface area contributed by atoms with Gasteiger partial charge in [-0.1, -0.05) is 12.1 Å². The van der Waals surface area contributed by atoms with Crippen LogP contribution in [0.15, 0.2) is 36.4 Å². The number of hydrogen-bond acceptors (Lipinski definition) is 3. The number of anilines is 1. The van der Waals surface area contributed by atoms with Crippen molar-refractivity contribution in [2.45, 2.75) is 0 Å². The van der Waals surface area contributed by atoms with Gasteiger partial charge in [-0.3, -0.25) is 9.82 Å². The Kier molecular flexibility index (Phi) is 3.32. The summed E-state index contributed by atoms with van der Waals surface area (Å²) in [5, 5.41) is 6.74. The van der Waals surface area contributed by atoms with Gasteiger partial charge in [-0.05, 0) is 24.3 Å². The third kappa shape index (κ3) is 2.64. The van der Waals surface area contributed by atoms with Gasteiger partial charge in [0.15, 0.2) is 5.82 Å². The summed E-state index contributed by atoms with van der Waals surface area (Å²) in [6, 6.07) is 8.38. The molecule has 3 aromatic rings. The molecule has 0 spiro atoms. The number of benzene rings is 2. The number of aromatic amines is 1. The van der Waals surface area contributed by atoms with Crippen LogP contribution in [0, 0.1) is 11.6 Å². The number of aromatic nitrogens is 2. The average molecular weight is 323 g/mol. The van der Waals surface area contributed by atoms with Crippen molar-refractivity contribution >= 4 is 26.6 Å². The van der Waals surface area contributed by atoms with Crippen molar-refractivity contribution in [3.63, 3.8) is 0 Å². The number of sulfonamides is 1. The Morgan fingerprint density at radius 2 is 1.95 bits per heavy atom. The summed E-state index contributed by atoms with van der Waals surface area (Å²) in [5.74, 6) is -1.24. The van der Waals surface area contributed by atoms with Crippen molar-refractivity contribution in [3.8, 4) is 11.3 Å². The van der Waals surface area contributed by atoms with Gasteiger partial charge < -0.3 is 0 Å². The predicted molar refractivity (Wildman–Crippen MR) is 79.9 cm³/mol. The highest BCUT2D eigenvalue weighted by Gasteiger charge is 2.17. The number of nitrogens with zero attached hydrogens (tertiary/aromatic N) is 1. The smallest absolute Gasteiger partial charge is 0.229 e. The highest BCUT2D eigenvalue weighted by Crippen LogP contribution is 2.32. The Bertz CT molecular complexity index is 967. The summed E-state index contributed by atoms with van der Waals surface area (Å²) in [7, 11) is -3.62. The zero-order valence-corrected chi connectivity index (χ0v) is 12.2. The Hall–Kier alpha value is -2.48. The molecule has 114 valence electrons. The van der Waals surface area contributed by atoms with Crippen molar-refractivity contribution in [2.75, 3.05) is 11.0 Å². The van der Waals surface area contributed by atoms with Crippen LogP contribution in [0.4, 0.5) is 14.5 Å². The molecule has 0 saturated heterocycles. The summed E-state index contributed by atoms with van der Waals surface area (Å²) in [6.45, 7) is 0. The maximum absolute atomic E-state index is 14.6. The first-order chi connectivity index (χ1) is 10.3. The molecule has 1 aromatic heterocycles. The second-order valence-corrected chi connectivity index (χ2v) is 6.55. The molecule has 8 heteroatoms. The summed E-state index contributed by atoms with van der Waals surface area (Å²) >= 11 is 0. The van der Waals surface area contributed by atoms with Crippen molar-refractivity contribution in [3.05, 3.63) is 48.0 Å². The van der Waals surface area contributed by atoms with Crippen LogP contribution in [0.3, 0.4) is 0 Å². The summed E-state index contributed by atoms with van der Waals surface area (Å²) < 4.78 is 52.6. The fourth-order valence-corrected chi connectivity index (χ4v) is 2.75. The van der Waals surface area contributed by atoms with Crippen LogP contribution in [0.1, 0.15) is 0 Å². The zero-order valence-electron chi connectivity index (χ0n) is 11.4. The highest BCUT2D eigenvalue weighted by molar-refractivity contribution is 7.92. The molecule has 0 aliphatic heterocycles. The number of hydrogen-bond donors (Lipinski definition) is 2. The predicted octanol–water partition coefficient (Wildman–Crippen LogP) is 2.88. The topological polar surface area (TPSA) is 74.8 Å². The molecule has 0 radical (unpaired) electrons. The van der Waals surface area contributed by atoms with Crippen molar-refractivity contribution in [2.24, 2.45) is 0 Å². The molecule has 0 fully saturated rings. The number of nitrogens with one attached hydrogen (secondary N) is 2. The van der Waals surface area contributed by atoms with E-state index in [2.05, 4.69) is 14.9 Å². The van der Waals surface area contributed by atoms with Gasteiger partial charge in [-0.2, -0.15) is 5.10 Å². The largest absolute Gasteiger partial charge is 0.281 e. The van der Waals surface area contributed by atoms with E-state index in [1.165, 1.54) is 30.3 Å². The number of fused-ring (bicyclic) bond motifs is 1. The molecule has 0 aliphatic carbocycles. The van der Waals surface area contributed by atoms with Gasteiger partial charge >= 0.3 is 0 Å². The van der Waals surface area contributed by atoms with E-state index in [0.717, 1.165) is 6.26 Å². The van der Waals surface area contributed by atoms with Crippen LogP contribution in [-0.4, -0.2) is 24.9 Å². The number of rotatable bonds is 3. The fraction of sp³-hybridized carbons (Fsp3) is 0.0714. The SMILES string of the molecule is CS(=O)(=O)Nc1ccc2[nH]nc(-c3cccc(F)c3)c2c1F. The average Bonchev–Trinajstić information content (AvgIpc) is 2.85. The summed E-state index contributed by atoms with van der Waals surface area (Å²) in [4.78, 5) is 0. The third-order valence-corrected chi connectivity index (χ3v) is 3.65. The quantitative estimate of drug-likeness (QED) is 0.778. The van der Waals surface area contributed by atoms with E-state index < -0.39 is 21.7 Å². The van der Waals surface area contributed by atoms with Gasteiger partial charge in [0.05, 0.1) is 22.8 Å². The first kappa shape index (κ1) is 14.5. The minimum Gasteiger partial charge on any atom is -0.281 e. The summed E-state index contributed by atoms with van der Waals surface area (Å²) in [6.07, 6.45) is 0.930. The molecule has 5 nitrogen and oxygen atoms in total. The second kappa shape index (κ2) is 5.06. The molecule has 0 bridgehead atoms. The first-order valence-electron chi connectivity index (χ1n) is 6.25. The molecule has 22 heavy (non-hydrogen) atoms. The standard InChI is InChI=1S/C14H11F2N3O2S/c1-22(20,21)19-11-6-5-10-12(13(11)16)14(18-17-10)8-3-2-4-9(15)7-8/h2-7,19H,1H3,(H,17,18). The van der Waals surface area contributed by atoms with E-state index in [4.69, 9.17) is 0 Å². The third-order valence-electron chi connectivity index (χ3n) is 3.06. The molecule has 1 heterocycles. The second-order valence-electron chi connectivity index (χ2n) is 4.81. The van der Waals surface area contributed by atoms with Crippen molar-refractivity contribution in [1.82, 2.24) is 10.2 Å². The van der Waals surface area contributed by atoms with E-state index in [1.807, 2.05) is 0 Å². The Morgan fingerprint density at radius 3 is 2.64 bits per heavy atom. The van der Waals surface area contributed by atoms with Gasteiger partial charge in [-0.15, -0.1) is 0 Å². The molecular formula is C14H11F2N3O2S. The lowest BCUT2D eigenvalue weighted by Crippen LogP contribution is -2.10. The number of halogens is 2. The van der Waals surface area contributed by atoms with Crippen LogP contribution in [0.5, 0.6) is 0 Å². The van der Waals surface area contributed by atoms with Crippen LogP contribution < -0.4 is 4.72 Å². The molecule has 2 N–H and O–H groups in total. The molecule has 3 rings (SSSR count). The van der Waals surface area contributed by atoms with Crippen LogP contribution in [0.2, 0.25) is 0 Å². The highest BCUT2D eigenvalue weighted by atomic mass is 32.2. The lowest BCUT2D eigenvalue weighted by atomic mass is 10.1. The van der Waals surface area contributed by atoms with E-state index in [1.54, 1.807) is 6.07 Å². The van der Waals surface area contributed by atoms with Crippen LogP contribution >= 0.6 is 0 Å².